The Hall–Kier alpha value is -0.660. The van der Waals surface area contributed by atoms with Gasteiger partial charge >= 0.3 is 6.09 Å². The van der Waals surface area contributed by atoms with Crippen LogP contribution in [0.3, 0.4) is 0 Å². The second kappa shape index (κ2) is 4.17. The first-order valence-corrected chi connectivity index (χ1v) is 8.17. The highest BCUT2D eigenvalue weighted by Gasteiger charge is 2.56. The number of ether oxygens (including phenoxy) is 1. The van der Waals surface area contributed by atoms with Crippen LogP contribution in [0.25, 0.3) is 0 Å². The minimum absolute atomic E-state index is 0.240. The predicted octanol–water partition coefficient (Wildman–Crippen LogP) is 2.33. The summed E-state index contributed by atoms with van der Waals surface area (Å²) in [5.41, 5.74) is -0.300. The maximum absolute atomic E-state index is 12.2. The highest BCUT2D eigenvalue weighted by Crippen LogP contribution is 2.43. The highest BCUT2D eigenvalue weighted by atomic mass is 79.9. The Morgan fingerprint density at radius 1 is 1.42 bits per heavy atom. The fourth-order valence-electron chi connectivity index (χ4n) is 3.53. The van der Waals surface area contributed by atoms with Gasteiger partial charge in [0.05, 0.1) is 6.54 Å². The molecular weight excluding hydrogens is 330 g/mol. The molecule has 5 heterocycles. The summed E-state index contributed by atoms with van der Waals surface area (Å²) in [7, 11) is 0. The third-order valence-corrected chi connectivity index (χ3v) is 6.03. The molecule has 102 valence electrons. The molecule has 1 spiro atoms. The number of anilines is 1. The lowest BCUT2D eigenvalue weighted by atomic mass is 9.75. The molecule has 0 N–H and O–H groups in total. The number of aromatic nitrogens is 1. The monoisotopic (exact) mass is 343 g/mol. The number of hydrogen-bond acceptors (Lipinski definition) is 5. The van der Waals surface area contributed by atoms with Crippen LogP contribution < -0.4 is 4.90 Å². The first kappa shape index (κ1) is 12.1. The average molecular weight is 344 g/mol. The van der Waals surface area contributed by atoms with Crippen LogP contribution in [0.15, 0.2) is 9.98 Å². The van der Waals surface area contributed by atoms with E-state index in [1.807, 2.05) is 5.38 Å². The van der Waals surface area contributed by atoms with Gasteiger partial charge in [0.25, 0.3) is 0 Å². The van der Waals surface area contributed by atoms with Crippen molar-refractivity contribution in [3.8, 4) is 0 Å². The number of halogens is 1. The Bertz CT molecular complexity index is 529. The van der Waals surface area contributed by atoms with Crippen LogP contribution >= 0.6 is 27.3 Å². The van der Waals surface area contributed by atoms with Gasteiger partial charge in [-0.05, 0) is 41.9 Å². The summed E-state index contributed by atoms with van der Waals surface area (Å²) >= 11 is 4.80. The van der Waals surface area contributed by atoms with Crippen molar-refractivity contribution in [2.75, 3.05) is 31.1 Å². The van der Waals surface area contributed by atoms with E-state index in [1.165, 1.54) is 11.3 Å². The first-order valence-electron chi connectivity index (χ1n) is 6.50. The summed E-state index contributed by atoms with van der Waals surface area (Å²) in [6.45, 7) is 3.82. The lowest BCUT2D eigenvalue weighted by Gasteiger charge is -2.49. The molecule has 5 nitrogen and oxygen atoms in total. The number of hydrogen-bond donors (Lipinski definition) is 0. The van der Waals surface area contributed by atoms with Crippen molar-refractivity contribution < 1.29 is 9.53 Å². The Morgan fingerprint density at radius 2 is 2.21 bits per heavy atom. The van der Waals surface area contributed by atoms with Crippen molar-refractivity contribution in [1.29, 1.82) is 0 Å². The summed E-state index contributed by atoms with van der Waals surface area (Å²) in [4.78, 5) is 20.6. The molecular formula is C12H14BrN3O2S. The molecule has 5 rings (SSSR count). The van der Waals surface area contributed by atoms with Crippen molar-refractivity contribution in [3.05, 3.63) is 9.98 Å². The van der Waals surface area contributed by atoms with Crippen molar-refractivity contribution in [3.63, 3.8) is 0 Å². The zero-order chi connectivity index (χ0) is 13.0. The zero-order valence-corrected chi connectivity index (χ0v) is 12.7. The Labute approximate surface area is 123 Å². The molecule has 1 aromatic heterocycles. The maximum atomic E-state index is 12.2. The fraction of sp³-hybridized carbons (Fsp3) is 0.667. The van der Waals surface area contributed by atoms with E-state index in [4.69, 9.17) is 4.74 Å². The Morgan fingerprint density at radius 3 is 2.79 bits per heavy atom. The number of fused-ring (bicyclic) bond motifs is 2. The summed E-state index contributed by atoms with van der Waals surface area (Å²) < 4.78 is 6.57. The molecule has 0 saturated carbocycles. The van der Waals surface area contributed by atoms with E-state index in [0.29, 0.717) is 12.5 Å². The van der Waals surface area contributed by atoms with E-state index in [1.54, 1.807) is 4.90 Å². The Balaban J connectivity index is 1.63. The molecule has 0 aliphatic carbocycles. The van der Waals surface area contributed by atoms with Gasteiger partial charge < -0.3 is 4.74 Å². The molecule has 1 aromatic rings. The number of piperidine rings is 3. The van der Waals surface area contributed by atoms with Gasteiger partial charge in [-0.15, -0.1) is 11.3 Å². The standard InChI is InChI=1S/C12H14BrN3O2S/c13-9-5-19-10(14-9)16-7-12(18-11(16)17)6-15-3-1-8(12)2-4-15/h5,8H,1-4,6-7H2/t12-/m0/s1. The summed E-state index contributed by atoms with van der Waals surface area (Å²) in [5.74, 6) is 0.509. The topological polar surface area (TPSA) is 45.7 Å². The SMILES string of the molecule is O=C1O[C@@]2(CN3CCC2CC3)CN1c1nc(Br)cs1. The minimum atomic E-state index is -0.300. The van der Waals surface area contributed by atoms with Gasteiger partial charge in [-0.2, -0.15) is 0 Å². The quantitative estimate of drug-likeness (QED) is 0.785. The number of thiazole rings is 1. The molecule has 1 amide bonds. The summed E-state index contributed by atoms with van der Waals surface area (Å²) in [5, 5.41) is 2.62. The van der Waals surface area contributed by atoms with Crippen LogP contribution in [0.2, 0.25) is 0 Å². The first-order chi connectivity index (χ1) is 9.16. The van der Waals surface area contributed by atoms with Gasteiger partial charge in [0, 0.05) is 17.8 Å². The number of amides is 1. The van der Waals surface area contributed by atoms with Gasteiger partial charge in [-0.3, -0.25) is 4.90 Å². The largest absolute Gasteiger partial charge is 0.439 e. The van der Waals surface area contributed by atoms with Crippen LogP contribution in [0.4, 0.5) is 9.93 Å². The van der Waals surface area contributed by atoms with E-state index in [-0.39, 0.29) is 11.7 Å². The molecule has 19 heavy (non-hydrogen) atoms. The van der Waals surface area contributed by atoms with Gasteiger partial charge in [0.2, 0.25) is 0 Å². The van der Waals surface area contributed by atoms with E-state index in [9.17, 15) is 4.79 Å². The van der Waals surface area contributed by atoms with E-state index >= 15 is 0 Å². The third kappa shape index (κ3) is 1.82. The second-order valence-electron chi connectivity index (χ2n) is 5.52. The van der Waals surface area contributed by atoms with Crippen LogP contribution in [-0.2, 0) is 4.74 Å². The average Bonchev–Trinajstić information content (AvgIpc) is 2.95. The van der Waals surface area contributed by atoms with Crippen molar-refractivity contribution in [2.24, 2.45) is 5.92 Å². The molecule has 7 heteroatoms. The zero-order valence-electron chi connectivity index (χ0n) is 10.3. The molecule has 4 aliphatic heterocycles. The van der Waals surface area contributed by atoms with Crippen molar-refractivity contribution >= 4 is 38.5 Å². The minimum Gasteiger partial charge on any atom is -0.439 e. The lowest BCUT2D eigenvalue weighted by Crippen LogP contribution is -2.61. The molecule has 0 radical (unpaired) electrons. The Kier molecular flexibility index (Phi) is 2.65. The van der Waals surface area contributed by atoms with Crippen LogP contribution in [0.5, 0.6) is 0 Å². The normalized spacial score (nSPS) is 37.1. The molecule has 4 saturated heterocycles. The fourth-order valence-corrected chi connectivity index (χ4v) is 4.77. The van der Waals surface area contributed by atoms with E-state index in [0.717, 1.165) is 42.2 Å². The van der Waals surface area contributed by atoms with Crippen molar-refractivity contribution in [2.45, 2.75) is 18.4 Å². The van der Waals surface area contributed by atoms with E-state index in [2.05, 4.69) is 25.8 Å². The molecule has 4 fully saturated rings. The maximum Gasteiger partial charge on any atom is 0.416 e. The molecule has 0 unspecified atom stereocenters. The second-order valence-corrected chi connectivity index (χ2v) is 7.17. The highest BCUT2D eigenvalue weighted by molar-refractivity contribution is 9.10. The predicted molar refractivity (Wildman–Crippen MR) is 75.5 cm³/mol. The molecule has 1 atom stereocenters. The van der Waals surface area contributed by atoms with Gasteiger partial charge in [-0.25, -0.2) is 14.7 Å². The number of rotatable bonds is 1. The van der Waals surface area contributed by atoms with Crippen molar-refractivity contribution in [1.82, 2.24) is 9.88 Å². The summed E-state index contributed by atoms with van der Waals surface area (Å²) in [6, 6.07) is 0. The molecule has 4 aliphatic rings. The lowest BCUT2D eigenvalue weighted by molar-refractivity contribution is -0.0881. The van der Waals surface area contributed by atoms with E-state index < -0.39 is 0 Å². The van der Waals surface area contributed by atoms with Gasteiger partial charge in [0.1, 0.15) is 10.2 Å². The number of carbonyl (C=O) groups is 1. The number of nitrogens with zero attached hydrogens (tertiary/aromatic N) is 3. The molecule has 2 bridgehead atoms. The molecule has 0 aromatic carbocycles. The van der Waals surface area contributed by atoms with Crippen LogP contribution in [-0.4, -0.2) is 47.8 Å². The van der Waals surface area contributed by atoms with Gasteiger partial charge in [0.15, 0.2) is 5.13 Å². The summed E-state index contributed by atoms with van der Waals surface area (Å²) in [6.07, 6.45) is 2.04. The van der Waals surface area contributed by atoms with Crippen LogP contribution in [0, 0.1) is 5.92 Å². The smallest absolute Gasteiger partial charge is 0.416 e. The van der Waals surface area contributed by atoms with Gasteiger partial charge in [-0.1, -0.05) is 0 Å². The number of carbonyl (C=O) groups excluding carboxylic acids is 1. The van der Waals surface area contributed by atoms with Crippen LogP contribution in [0.1, 0.15) is 12.8 Å². The third-order valence-electron chi connectivity index (χ3n) is 4.45.